The molecule has 1 aliphatic rings. The van der Waals surface area contributed by atoms with Gasteiger partial charge in [0.05, 0.1) is 6.04 Å². The number of amides is 1. The van der Waals surface area contributed by atoms with Gasteiger partial charge in [0.15, 0.2) is 6.19 Å². The summed E-state index contributed by atoms with van der Waals surface area (Å²) in [6, 6.07) is 7.35. The van der Waals surface area contributed by atoms with Crippen LogP contribution in [0.5, 0.6) is 0 Å². The first-order valence-electron chi connectivity index (χ1n) is 9.20. The number of aliphatic imine (C=N–C) groups is 1. The molecule has 0 radical (unpaired) electrons. The molecule has 0 aromatic heterocycles. The Morgan fingerprint density at radius 1 is 1.19 bits per heavy atom. The lowest BCUT2D eigenvalue weighted by Crippen LogP contribution is -2.35. The second kappa shape index (κ2) is 8.70. The van der Waals surface area contributed by atoms with Crippen LogP contribution in [0.15, 0.2) is 29.3 Å². The predicted molar refractivity (Wildman–Crippen MR) is 105 cm³/mol. The second-order valence-corrected chi connectivity index (χ2v) is 7.81. The molecule has 1 aromatic carbocycles. The van der Waals surface area contributed by atoms with Crippen LogP contribution in [0.25, 0.3) is 0 Å². The van der Waals surface area contributed by atoms with Gasteiger partial charge < -0.3 is 10.2 Å². The van der Waals surface area contributed by atoms with E-state index in [-0.39, 0.29) is 17.4 Å². The van der Waals surface area contributed by atoms with Crippen LogP contribution < -0.4 is 10.6 Å². The fourth-order valence-corrected chi connectivity index (χ4v) is 2.65. The molecule has 2 rings (SSSR count). The fraction of sp³-hybridized carbons (Fsp3) is 0.550. The zero-order chi connectivity index (χ0) is 19.2. The van der Waals surface area contributed by atoms with E-state index < -0.39 is 0 Å². The van der Waals surface area contributed by atoms with Gasteiger partial charge in [-0.25, -0.2) is 4.99 Å². The normalized spacial score (nSPS) is 16.6. The fourth-order valence-electron chi connectivity index (χ4n) is 2.65. The number of nitrogens with zero attached hydrogens (tertiary/aromatic N) is 3. The van der Waals surface area contributed by atoms with Gasteiger partial charge in [-0.1, -0.05) is 20.8 Å². The minimum Gasteiger partial charge on any atom is -0.339 e. The number of piperidine rings is 1. The predicted octanol–water partition coefficient (Wildman–Crippen LogP) is 3.59. The van der Waals surface area contributed by atoms with Crippen molar-refractivity contribution in [2.45, 2.75) is 53.0 Å². The van der Waals surface area contributed by atoms with Crippen molar-refractivity contribution < 1.29 is 4.79 Å². The van der Waals surface area contributed by atoms with Gasteiger partial charge >= 0.3 is 0 Å². The summed E-state index contributed by atoms with van der Waals surface area (Å²) in [5.41, 5.74) is 1.46. The van der Waals surface area contributed by atoms with Gasteiger partial charge in [-0.05, 0) is 55.9 Å². The van der Waals surface area contributed by atoms with Gasteiger partial charge in [0.2, 0.25) is 5.96 Å². The molecule has 2 N–H and O–H groups in total. The first-order valence-corrected chi connectivity index (χ1v) is 9.20. The topological polar surface area (TPSA) is 80.5 Å². The van der Waals surface area contributed by atoms with Crippen LogP contribution in [0.3, 0.4) is 0 Å². The van der Waals surface area contributed by atoms with Crippen molar-refractivity contribution in [1.82, 2.24) is 10.2 Å². The third-order valence-corrected chi connectivity index (χ3v) is 4.79. The smallest absolute Gasteiger partial charge is 0.253 e. The Balaban J connectivity index is 2.07. The SMILES string of the molecule is CC(N=C(NC#N)Nc1ccc(C(=O)N2CCCCC2)cc1)C(C)(C)C. The molecule has 1 heterocycles. The quantitative estimate of drug-likeness (QED) is 0.376. The Bertz CT molecular complexity index is 676. The minimum absolute atomic E-state index is 0.00517. The molecule has 0 aliphatic carbocycles. The number of rotatable bonds is 3. The number of carbonyl (C=O) groups excluding carboxylic acids is 1. The highest BCUT2D eigenvalue weighted by molar-refractivity contribution is 5.97. The van der Waals surface area contributed by atoms with E-state index >= 15 is 0 Å². The average molecular weight is 355 g/mol. The number of likely N-dealkylation sites (tertiary alicyclic amines) is 1. The van der Waals surface area contributed by atoms with Crippen LogP contribution in [0.1, 0.15) is 57.3 Å². The molecule has 26 heavy (non-hydrogen) atoms. The van der Waals surface area contributed by atoms with Crippen LogP contribution in [-0.2, 0) is 0 Å². The maximum absolute atomic E-state index is 12.5. The van der Waals surface area contributed by atoms with Crippen molar-refractivity contribution in [2.24, 2.45) is 10.4 Å². The van der Waals surface area contributed by atoms with E-state index in [2.05, 4.69) is 36.4 Å². The van der Waals surface area contributed by atoms with Crippen LogP contribution >= 0.6 is 0 Å². The molecule has 0 saturated carbocycles. The summed E-state index contributed by atoms with van der Waals surface area (Å²) >= 11 is 0. The molecule has 0 spiro atoms. The van der Waals surface area contributed by atoms with Crippen molar-refractivity contribution in [3.63, 3.8) is 0 Å². The van der Waals surface area contributed by atoms with E-state index in [1.807, 2.05) is 42.3 Å². The van der Waals surface area contributed by atoms with E-state index in [1.54, 1.807) is 0 Å². The molecule has 1 fully saturated rings. The van der Waals surface area contributed by atoms with Gasteiger partial charge in [-0.15, -0.1) is 0 Å². The lowest BCUT2D eigenvalue weighted by Gasteiger charge is -2.26. The molecule has 6 nitrogen and oxygen atoms in total. The van der Waals surface area contributed by atoms with Crippen molar-refractivity contribution in [2.75, 3.05) is 18.4 Å². The lowest BCUT2D eigenvalue weighted by molar-refractivity contribution is 0.0724. The van der Waals surface area contributed by atoms with Crippen LogP contribution in [-0.4, -0.2) is 35.9 Å². The summed E-state index contributed by atoms with van der Waals surface area (Å²) in [5.74, 6) is 0.492. The molecular weight excluding hydrogens is 326 g/mol. The maximum Gasteiger partial charge on any atom is 0.253 e. The van der Waals surface area contributed by atoms with Crippen LogP contribution in [0.2, 0.25) is 0 Å². The Kier molecular flexibility index (Phi) is 6.62. The van der Waals surface area contributed by atoms with Gasteiger partial charge in [0.1, 0.15) is 0 Å². The average Bonchev–Trinajstić information content (AvgIpc) is 2.62. The highest BCUT2D eigenvalue weighted by Crippen LogP contribution is 2.22. The standard InChI is InChI=1S/C20H29N5O/c1-15(20(2,3)4)23-19(22-14-21)24-17-10-8-16(9-11-17)18(26)25-12-6-5-7-13-25/h8-11,15H,5-7,12-13H2,1-4H3,(H2,22,23,24). The molecule has 0 bridgehead atoms. The number of nitrogens with one attached hydrogen (secondary N) is 2. The van der Waals surface area contributed by atoms with E-state index in [9.17, 15) is 4.79 Å². The van der Waals surface area contributed by atoms with Crippen molar-refractivity contribution in [3.05, 3.63) is 29.8 Å². The molecule has 1 atom stereocenters. The minimum atomic E-state index is -0.00517. The lowest BCUT2D eigenvalue weighted by atomic mass is 9.88. The number of anilines is 1. The van der Waals surface area contributed by atoms with Crippen LogP contribution in [0.4, 0.5) is 5.69 Å². The highest BCUT2D eigenvalue weighted by Gasteiger charge is 2.20. The zero-order valence-electron chi connectivity index (χ0n) is 16.2. The van der Waals surface area contributed by atoms with Gasteiger partial charge in [0.25, 0.3) is 5.91 Å². The summed E-state index contributed by atoms with van der Waals surface area (Å²) in [7, 11) is 0. The Morgan fingerprint density at radius 2 is 1.81 bits per heavy atom. The third-order valence-electron chi connectivity index (χ3n) is 4.79. The van der Waals surface area contributed by atoms with Crippen molar-refractivity contribution >= 4 is 17.6 Å². The number of hydrogen-bond donors (Lipinski definition) is 2. The molecule has 6 heteroatoms. The maximum atomic E-state index is 12.5. The molecule has 1 saturated heterocycles. The Hall–Kier alpha value is -2.55. The van der Waals surface area contributed by atoms with Gasteiger partial charge in [-0.3, -0.25) is 10.1 Å². The summed E-state index contributed by atoms with van der Waals surface area (Å²) in [5, 5.41) is 14.7. The number of carbonyl (C=O) groups is 1. The highest BCUT2D eigenvalue weighted by atomic mass is 16.2. The molecule has 1 unspecified atom stereocenters. The van der Waals surface area contributed by atoms with Crippen molar-refractivity contribution in [3.8, 4) is 6.19 Å². The molecule has 1 aliphatic heterocycles. The monoisotopic (exact) mass is 355 g/mol. The molecule has 1 amide bonds. The number of nitriles is 1. The Labute approximate surface area is 156 Å². The summed E-state index contributed by atoms with van der Waals surface area (Å²) < 4.78 is 0. The third kappa shape index (κ3) is 5.48. The first kappa shape index (κ1) is 19.8. The van der Waals surface area contributed by atoms with Gasteiger partial charge in [-0.2, -0.15) is 5.26 Å². The summed E-state index contributed by atoms with van der Waals surface area (Å²) in [6.45, 7) is 10.0. The number of benzene rings is 1. The zero-order valence-corrected chi connectivity index (χ0v) is 16.2. The van der Waals surface area contributed by atoms with E-state index in [0.29, 0.717) is 11.5 Å². The molecular formula is C20H29N5O. The first-order chi connectivity index (χ1) is 12.3. The Morgan fingerprint density at radius 3 is 2.35 bits per heavy atom. The second-order valence-electron chi connectivity index (χ2n) is 7.81. The summed E-state index contributed by atoms with van der Waals surface area (Å²) in [6.07, 6.45) is 5.28. The molecule has 1 aromatic rings. The number of hydrogen-bond acceptors (Lipinski definition) is 3. The largest absolute Gasteiger partial charge is 0.339 e. The van der Waals surface area contributed by atoms with Crippen LogP contribution in [0, 0.1) is 16.9 Å². The summed E-state index contributed by atoms with van der Waals surface area (Å²) in [4.78, 5) is 19.0. The number of guanidine groups is 1. The molecule has 140 valence electrons. The van der Waals surface area contributed by atoms with Gasteiger partial charge in [0, 0.05) is 24.3 Å². The van der Waals surface area contributed by atoms with E-state index in [4.69, 9.17) is 5.26 Å². The van der Waals surface area contributed by atoms with E-state index in [0.717, 1.165) is 31.6 Å². The van der Waals surface area contributed by atoms with E-state index in [1.165, 1.54) is 6.42 Å². The van der Waals surface area contributed by atoms with Crippen molar-refractivity contribution in [1.29, 1.82) is 5.26 Å².